The molecule has 0 aromatic heterocycles. The quantitative estimate of drug-likeness (QED) is 0.850. The smallest absolute Gasteiger partial charge is 0.228 e. The first-order valence-electron chi connectivity index (χ1n) is 8.06. The van der Waals surface area contributed by atoms with Crippen LogP contribution in [0.25, 0.3) is 0 Å². The fourth-order valence-electron chi connectivity index (χ4n) is 2.71. The van der Waals surface area contributed by atoms with Gasteiger partial charge < -0.3 is 0 Å². The molecule has 126 valence electrons. The van der Waals surface area contributed by atoms with Gasteiger partial charge >= 0.3 is 0 Å². The van der Waals surface area contributed by atoms with E-state index >= 15 is 0 Å². The first-order chi connectivity index (χ1) is 12.2. The van der Waals surface area contributed by atoms with Crippen LogP contribution in [0, 0.1) is 10.3 Å². The van der Waals surface area contributed by atoms with Crippen molar-refractivity contribution in [1.29, 1.82) is 5.41 Å². The molecule has 1 N–H and O–H groups in total. The van der Waals surface area contributed by atoms with Crippen LogP contribution in [0.5, 0.6) is 0 Å². The largest absolute Gasteiger partial charge is 0.293 e. The molecule has 0 saturated heterocycles. The Labute approximate surface area is 145 Å². The SMILES string of the molecule is N=C1CN=C(c2ccccc2)CN1C(=O)CCc1ccc(N=O)cc1. The second kappa shape index (κ2) is 7.61. The molecule has 0 bridgehead atoms. The van der Waals surface area contributed by atoms with Crippen LogP contribution in [0.1, 0.15) is 17.5 Å². The predicted octanol–water partition coefficient (Wildman–Crippen LogP) is 3.33. The van der Waals surface area contributed by atoms with Crippen molar-refractivity contribution in [3.05, 3.63) is 70.6 Å². The van der Waals surface area contributed by atoms with Crippen LogP contribution in [-0.4, -0.2) is 35.4 Å². The van der Waals surface area contributed by atoms with E-state index in [0.717, 1.165) is 16.8 Å². The first kappa shape index (κ1) is 16.7. The van der Waals surface area contributed by atoms with Crippen molar-refractivity contribution in [2.45, 2.75) is 12.8 Å². The van der Waals surface area contributed by atoms with E-state index in [-0.39, 0.29) is 18.3 Å². The topological polar surface area (TPSA) is 85.9 Å². The highest BCUT2D eigenvalue weighted by molar-refractivity contribution is 6.11. The third-order valence-corrected chi connectivity index (χ3v) is 4.13. The van der Waals surface area contributed by atoms with Gasteiger partial charge in [0.25, 0.3) is 0 Å². The lowest BCUT2D eigenvalue weighted by Crippen LogP contribution is -2.45. The maximum absolute atomic E-state index is 12.5. The number of rotatable bonds is 5. The highest BCUT2D eigenvalue weighted by Crippen LogP contribution is 2.15. The Morgan fingerprint density at radius 1 is 1.12 bits per heavy atom. The highest BCUT2D eigenvalue weighted by Gasteiger charge is 2.24. The number of amides is 1. The summed E-state index contributed by atoms with van der Waals surface area (Å²) in [5.74, 6) is 0.135. The number of aryl methyl sites for hydroxylation is 1. The maximum atomic E-state index is 12.5. The number of nitrogens with one attached hydrogen (secondary N) is 1. The van der Waals surface area contributed by atoms with Gasteiger partial charge in [0.05, 0.1) is 18.8 Å². The fraction of sp³-hybridized carbons (Fsp3) is 0.211. The van der Waals surface area contributed by atoms with Gasteiger partial charge in [-0.05, 0) is 34.9 Å². The van der Waals surface area contributed by atoms with Crippen molar-refractivity contribution < 1.29 is 4.79 Å². The Morgan fingerprint density at radius 3 is 2.52 bits per heavy atom. The molecule has 0 saturated carbocycles. The van der Waals surface area contributed by atoms with Gasteiger partial charge in [-0.3, -0.25) is 20.1 Å². The van der Waals surface area contributed by atoms with Gasteiger partial charge in [0, 0.05) is 6.42 Å². The molecule has 25 heavy (non-hydrogen) atoms. The summed E-state index contributed by atoms with van der Waals surface area (Å²) >= 11 is 0. The third kappa shape index (κ3) is 4.03. The number of amidine groups is 1. The second-order valence-corrected chi connectivity index (χ2v) is 5.81. The van der Waals surface area contributed by atoms with E-state index in [0.29, 0.717) is 25.1 Å². The minimum absolute atomic E-state index is 0.0917. The molecule has 0 unspecified atom stereocenters. The Kier molecular flexibility index (Phi) is 5.09. The Morgan fingerprint density at radius 2 is 1.84 bits per heavy atom. The van der Waals surface area contributed by atoms with Crippen molar-refractivity contribution in [2.24, 2.45) is 10.2 Å². The van der Waals surface area contributed by atoms with E-state index < -0.39 is 0 Å². The minimum Gasteiger partial charge on any atom is -0.293 e. The molecule has 0 fully saturated rings. The van der Waals surface area contributed by atoms with Crippen LogP contribution in [-0.2, 0) is 11.2 Å². The molecule has 2 aromatic rings. The van der Waals surface area contributed by atoms with Crippen LogP contribution in [0.4, 0.5) is 5.69 Å². The number of hydrogen-bond acceptors (Lipinski definition) is 5. The molecule has 0 atom stereocenters. The third-order valence-electron chi connectivity index (χ3n) is 4.13. The number of aliphatic imine (C=N–C) groups is 1. The minimum atomic E-state index is -0.0917. The van der Waals surface area contributed by atoms with Crippen molar-refractivity contribution in [2.75, 3.05) is 13.1 Å². The summed E-state index contributed by atoms with van der Waals surface area (Å²) in [7, 11) is 0. The maximum Gasteiger partial charge on any atom is 0.228 e. The second-order valence-electron chi connectivity index (χ2n) is 5.81. The lowest BCUT2D eigenvalue weighted by molar-refractivity contribution is -0.126. The number of nitroso groups, excluding NO2 is 1. The summed E-state index contributed by atoms with van der Waals surface area (Å²) in [6.07, 6.45) is 0.859. The van der Waals surface area contributed by atoms with Crippen LogP contribution in [0.2, 0.25) is 0 Å². The van der Waals surface area contributed by atoms with E-state index in [1.54, 1.807) is 24.3 Å². The van der Waals surface area contributed by atoms with Crippen LogP contribution in [0.3, 0.4) is 0 Å². The monoisotopic (exact) mass is 334 g/mol. The number of benzene rings is 2. The zero-order chi connectivity index (χ0) is 17.6. The Bertz CT molecular complexity index is 813. The zero-order valence-electron chi connectivity index (χ0n) is 13.7. The molecular formula is C19H18N4O2. The highest BCUT2D eigenvalue weighted by atomic mass is 16.3. The predicted molar refractivity (Wildman–Crippen MR) is 97.5 cm³/mol. The van der Waals surface area contributed by atoms with Crippen LogP contribution in [0.15, 0.2) is 64.8 Å². The summed E-state index contributed by atoms with van der Waals surface area (Å²) in [6.45, 7) is 0.547. The number of carbonyl (C=O) groups is 1. The summed E-state index contributed by atoms with van der Waals surface area (Å²) < 4.78 is 0. The molecule has 3 rings (SSSR count). The van der Waals surface area contributed by atoms with E-state index in [1.807, 2.05) is 30.3 Å². The molecule has 0 radical (unpaired) electrons. The van der Waals surface area contributed by atoms with E-state index in [9.17, 15) is 9.70 Å². The van der Waals surface area contributed by atoms with Gasteiger partial charge in [-0.25, -0.2) is 0 Å². The van der Waals surface area contributed by atoms with Crippen molar-refractivity contribution in [3.63, 3.8) is 0 Å². The molecule has 2 aromatic carbocycles. The van der Waals surface area contributed by atoms with Gasteiger partial charge in [0.15, 0.2) is 0 Å². The van der Waals surface area contributed by atoms with Gasteiger partial charge in [-0.15, -0.1) is 4.91 Å². The zero-order valence-corrected chi connectivity index (χ0v) is 13.7. The fourth-order valence-corrected chi connectivity index (χ4v) is 2.71. The lowest BCUT2D eigenvalue weighted by atomic mass is 10.1. The first-order valence-corrected chi connectivity index (χ1v) is 8.06. The van der Waals surface area contributed by atoms with Crippen molar-refractivity contribution >= 4 is 23.1 Å². The van der Waals surface area contributed by atoms with Crippen LogP contribution >= 0.6 is 0 Å². The Balaban J connectivity index is 1.63. The van der Waals surface area contributed by atoms with E-state index in [4.69, 9.17) is 5.41 Å². The summed E-state index contributed by atoms with van der Waals surface area (Å²) in [6, 6.07) is 16.6. The number of hydrogen-bond donors (Lipinski definition) is 1. The number of carbonyl (C=O) groups excluding carboxylic acids is 1. The van der Waals surface area contributed by atoms with Crippen molar-refractivity contribution in [1.82, 2.24) is 4.90 Å². The van der Waals surface area contributed by atoms with Crippen LogP contribution < -0.4 is 0 Å². The normalized spacial score (nSPS) is 14.2. The van der Waals surface area contributed by atoms with Crippen molar-refractivity contribution in [3.8, 4) is 0 Å². The standard InChI is InChI=1S/C19H18N4O2/c20-18-12-21-17(15-4-2-1-3-5-15)13-23(18)19(24)11-8-14-6-9-16(22-25)10-7-14/h1-7,9-10,20H,8,11-13H2. The molecule has 6 heteroatoms. The molecule has 1 amide bonds. The van der Waals surface area contributed by atoms with E-state index in [1.165, 1.54) is 4.90 Å². The average Bonchev–Trinajstić information content (AvgIpc) is 2.67. The molecule has 6 nitrogen and oxygen atoms in total. The lowest BCUT2D eigenvalue weighted by Gasteiger charge is -2.27. The summed E-state index contributed by atoms with van der Waals surface area (Å²) in [5, 5.41) is 10.9. The molecule has 1 heterocycles. The van der Waals surface area contributed by atoms with E-state index in [2.05, 4.69) is 10.2 Å². The molecule has 0 spiro atoms. The molecular weight excluding hydrogens is 316 g/mol. The molecule has 0 aliphatic carbocycles. The van der Waals surface area contributed by atoms with Gasteiger partial charge in [-0.2, -0.15) is 0 Å². The molecule has 1 aliphatic heterocycles. The average molecular weight is 334 g/mol. The summed E-state index contributed by atoms with van der Waals surface area (Å²) in [4.78, 5) is 28.9. The molecule has 1 aliphatic rings. The van der Waals surface area contributed by atoms with Gasteiger partial charge in [0.1, 0.15) is 11.5 Å². The Hall–Kier alpha value is -3.15. The summed E-state index contributed by atoms with van der Waals surface area (Å²) in [5.41, 5.74) is 3.13. The number of nitrogens with zero attached hydrogens (tertiary/aromatic N) is 3. The van der Waals surface area contributed by atoms with Gasteiger partial charge in [0.2, 0.25) is 5.91 Å². The van der Waals surface area contributed by atoms with Gasteiger partial charge in [-0.1, -0.05) is 42.5 Å².